The zero-order chi connectivity index (χ0) is 12.3. The van der Waals surface area contributed by atoms with Gasteiger partial charge in [-0.05, 0) is 24.7 Å². The number of rotatable bonds is 0. The Morgan fingerprint density at radius 1 is 0.778 bits per heavy atom. The highest BCUT2D eigenvalue weighted by Gasteiger charge is 2.51. The van der Waals surface area contributed by atoms with E-state index in [0.717, 1.165) is 12.8 Å². The van der Waals surface area contributed by atoms with Gasteiger partial charge in [0.25, 0.3) is 0 Å². The summed E-state index contributed by atoms with van der Waals surface area (Å²) in [7, 11) is 0. The Balaban J connectivity index is 1.92. The Bertz CT molecular complexity index is 534. The number of hydrogen-bond donors (Lipinski definition) is 0. The Morgan fingerprint density at radius 3 is 1.61 bits per heavy atom. The summed E-state index contributed by atoms with van der Waals surface area (Å²) in [6, 6.07) is 7.30. The first-order valence-corrected chi connectivity index (χ1v) is 6.63. The van der Waals surface area contributed by atoms with Crippen molar-refractivity contribution in [3.8, 4) is 0 Å². The van der Waals surface area contributed by atoms with Crippen molar-refractivity contribution in [3.63, 3.8) is 0 Å². The number of fused-ring (bicyclic) bond motifs is 2. The summed E-state index contributed by atoms with van der Waals surface area (Å²) in [6.07, 6.45) is 6.44. The molecule has 2 heteroatoms. The monoisotopic (exact) mass is 238 g/mol. The third-order valence-electron chi connectivity index (χ3n) is 4.81. The van der Waals surface area contributed by atoms with E-state index in [1.165, 1.54) is 0 Å². The predicted octanol–water partition coefficient (Wildman–Crippen LogP) is 2.89. The molecular weight excluding hydrogens is 224 g/mol. The predicted molar refractivity (Wildman–Crippen MR) is 67.4 cm³/mol. The van der Waals surface area contributed by atoms with Gasteiger partial charge in [-0.2, -0.15) is 0 Å². The number of allylic oxidation sites excluding steroid dienone is 2. The van der Waals surface area contributed by atoms with E-state index in [9.17, 15) is 9.59 Å². The Labute approximate surface area is 106 Å². The minimum Gasteiger partial charge on any atom is -0.294 e. The molecule has 0 aromatic heterocycles. The van der Waals surface area contributed by atoms with Gasteiger partial charge in [0.05, 0.1) is 0 Å². The molecule has 1 fully saturated rings. The molecule has 1 saturated carbocycles. The summed E-state index contributed by atoms with van der Waals surface area (Å²) < 4.78 is 0. The highest BCUT2D eigenvalue weighted by Crippen LogP contribution is 2.49. The largest absolute Gasteiger partial charge is 0.294 e. The molecule has 0 radical (unpaired) electrons. The van der Waals surface area contributed by atoms with Gasteiger partial charge in [0.1, 0.15) is 0 Å². The van der Waals surface area contributed by atoms with Crippen molar-refractivity contribution in [2.75, 3.05) is 0 Å². The first-order valence-electron chi connectivity index (χ1n) is 6.63. The van der Waals surface area contributed by atoms with Crippen LogP contribution in [0.4, 0.5) is 0 Å². The highest BCUT2D eigenvalue weighted by molar-refractivity contribution is 6.16. The summed E-state index contributed by atoms with van der Waals surface area (Å²) in [4.78, 5) is 25.2. The summed E-state index contributed by atoms with van der Waals surface area (Å²) in [5.74, 6) is 0.769. The topological polar surface area (TPSA) is 34.1 Å². The summed E-state index contributed by atoms with van der Waals surface area (Å²) in [5, 5.41) is 0. The van der Waals surface area contributed by atoms with Crippen LogP contribution in [0.25, 0.3) is 0 Å². The second-order valence-electron chi connectivity index (χ2n) is 5.62. The van der Waals surface area contributed by atoms with Crippen LogP contribution in [0.1, 0.15) is 33.6 Å². The van der Waals surface area contributed by atoms with Gasteiger partial charge in [-0.1, -0.05) is 36.4 Å². The van der Waals surface area contributed by atoms with Crippen molar-refractivity contribution in [1.29, 1.82) is 0 Å². The average Bonchev–Trinajstić information content (AvgIpc) is 2.45. The smallest absolute Gasteiger partial charge is 0.168 e. The van der Waals surface area contributed by atoms with Crippen molar-refractivity contribution >= 4 is 11.6 Å². The number of hydrogen-bond acceptors (Lipinski definition) is 2. The lowest BCUT2D eigenvalue weighted by atomic mass is 9.56. The second kappa shape index (κ2) is 3.41. The molecule has 90 valence electrons. The molecular formula is C16H14O2. The molecule has 0 saturated heterocycles. The lowest BCUT2D eigenvalue weighted by Crippen LogP contribution is -2.48. The van der Waals surface area contributed by atoms with Crippen LogP contribution >= 0.6 is 0 Å². The van der Waals surface area contributed by atoms with E-state index >= 15 is 0 Å². The van der Waals surface area contributed by atoms with Crippen LogP contribution in [-0.4, -0.2) is 11.6 Å². The lowest BCUT2D eigenvalue weighted by molar-refractivity contribution is 0.0520. The number of Topliss-reactive ketones (excluding diaryl/α,β-unsaturated/α-hetero) is 2. The zero-order valence-corrected chi connectivity index (χ0v) is 10.0. The molecule has 2 nitrogen and oxygen atoms in total. The number of ketones is 2. The third kappa shape index (κ3) is 1.13. The summed E-state index contributed by atoms with van der Waals surface area (Å²) in [6.45, 7) is 0. The molecule has 1 aromatic rings. The fourth-order valence-electron chi connectivity index (χ4n) is 3.98. The molecule has 0 spiro atoms. The lowest BCUT2D eigenvalue weighted by Gasteiger charge is -2.45. The second-order valence-corrected chi connectivity index (χ2v) is 5.62. The molecule has 4 unspecified atom stereocenters. The van der Waals surface area contributed by atoms with E-state index in [1.807, 2.05) is 12.1 Å². The van der Waals surface area contributed by atoms with Gasteiger partial charge in [0.15, 0.2) is 11.6 Å². The van der Waals surface area contributed by atoms with Crippen molar-refractivity contribution in [1.82, 2.24) is 0 Å². The van der Waals surface area contributed by atoms with Crippen molar-refractivity contribution in [2.24, 2.45) is 23.7 Å². The Hall–Kier alpha value is -1.70. The van der Waals surface area contributed by atoms with E-state index in [0.29, 0.717) is 11.1 Å². The molecule has 4 atom stereocenters. The van der Waals surface area contributed by atoms with Crippen LogP contribution in [0, 0.1) is 23.7 Å². The first kappa shape index (κ1) is 10.2. The number of carbonyl (C=O) groups excluding carboxylic acids is 2. The van der Waals surface area contributed by atoms with Crippen LogP contribution in [-0.2, 0) is 0 Å². The van der Waals surface area contributed by atoms with E-state index in [2.05, 4.69) is 12.2 Å². The van der Waals surface area contributed by atoms with E-state index < -0.39 is 0 Å². The SMILES string of the molecule is O=C1c2ccccc2C(=O)C2C3C=CC(CC3)C12. The molecule has 0 amide bonds. The molecule has 4 aliphatic rings. The van der Waals surface area contributed by atoms with Crippen LogP contribution in [0.15, 0.2) is 36.4 Å². The van der Waals surface area contributed by atoms with Crippen LogP contribution in [0.5, 0.6) is 0 Å². The standard InChI is InChI=1S/C16H14O2/c17-15-11-3-1-2-4-12(11)16(18)14-10-7-5-9(6-8-10)13(14)15/h1-5,7,9-10,13-14H,6,8H2. The van der Waals surface area contributed by atoms with Crippen molar-refractivity contribution in [2.45, 2.75) is 12.8 Å². The maximum atomic E-state index is 12.6. The highest BCUT2D eigenvalue weighted by atomic mass is 16.1. The maximum absolute atomic E-state index is 12.6. The fourth-order valence-corrected chi connectivity index (χ4v) is 3.98. The molecule has 1 aromatic carbocycles. The van der Waals surface area contributed by atoms with Crippen LogP contribution < -0.4 is 0 Å². The minimum atomic E-state index is -0.0869. The Kier molecular flexibility index (Phi) is 1.94. The maximum Gasteiger partial charge on any atom is 0.168 e. The molecule has 4 aliphatic carbocycles. The van der Waals surface area contributed by atoms with E-state index in [-0.39, 0.29) is 35.2 Å². The van der Waals surface area contributed by atoms with Crippen LogP contribution in [0.2, 0.25) is 0 Å². The average molecular weight is 238 g/mol. The van der Waals surface area contributed by atoms with Crippen LogP contribution in [0.3, 0.4) is 0 Å². The zero-order valence-electron chi connectivity index (χ0n) is 10.0. The van der Waals surface area contributed by atoms with Gasteiger partial charge in [-0.25, -0.2) is 0 Å². The van der Waals surface area contributed by atoms with Gasteiger partial charge < -0.3 is 0 Å². The fraction of sp³-hybridized carbons (Fsp3) is 0.375. The quantitative estimate of drug-likeness (QED) is 0.651. The molecule has 2 bridgehead atoms. The van der Waals surface area contributed by atoms with E-state index in [4.69, 9.17) is 0 Å². The molecule has 5 rings (SSSR count). The van der Waals surface area contributed by atoms with Crippen molar-refractivity contribution in [3.05, 3.63) is 47.5 Å². The summed E-state index contributed by atoms with van der Waals surface area (Å²) >= 11 is 0. The van der Waals surface area contributed by atoms with Crippen molar-refractivity contribution < 1.29 is 9.59 Å². The van der Waals surface area contributed by atoms with Gasteiger partial charge in [-0.15, -0.1) is 0 Å². The Morgan fingerprint density at radius 2 is 1.22 bits per heavy atom. The third-order valence-corrected chi connectivity index (χ3v) is 4.81. The van der Waals surface area contributed by atoms with Gasteiger partial charge in [-0.3, -0.25) is 9.59 Å². The minimum absolute atomic E-state index is 0.0869. The molecule has 0 N–H and O–H groups in total. The van der Waals surface area contributed by atoms with Gasteiger partial charge in [0.2, 0.25) is 0 Å². The first-order chi connectivity index (χ1) is 8.77. The summed E-state index contributed by atoms with van der Waals surface area (Å²) in [5.41, 5.74) is 1.29. The molecule has 18 heavy (non-hydrogen) atoms. The van der Waals surface area contributed by atoms with Gasteiger partial charge >= 0.3 is 0 Å². The number of benzene rings is 1. The van der Waals surface area contributed by atoms with Gasteiger partial charge in [0, 0.05) is 23.0 Å². The molecule has 0 heterocycles. The molecule has 0 aliphatic heterocycles. The van der Waals surface area contributed by atoms with E-state index in [1.54, 1.807) is 12.1 Å². The normalized spacial score (nSPS) is 36.4. The number of carbonyl (C=O) groups is 2.